The number of aromatic nitrogens is 1. The van der Waals surface area contributed by atoms with Crippen molar-refractivity contribution in [1.29, 1.82) is 0 Å². The number of rotatable bonds is 2. The first-order valence-corrected chi connectivity index (χ1v) is 6.72. The average molecular weight is 328 g/mol. The molecule has 1 aromatic carbocycles. The number of nitrogens with two attached hydrogens (primary N) is 1. The fraction of sp³-hybridized carbons (Fsp3) is 0.267. The molecule has 0 aliphatic carbocycles. The molecule has 0 spiro atoms. The van der Waals surface area contributed by atoms with E-state index in [1.54, 1.807) is 12.1 Å². The van der Waals surface area contributed by atoms with Crippen molar-refractivity contribution >= 4 is 0 Å². The molecule has 2 heterocycles. The minimum atomic E-state index is -4.89. The van der Waals surface area contributed by atoms with Gasteiger partial charge in [0.25, 0.3) is 0 Å². The third-order valence-corrected chi connectivity index (χ3v) is 3.60. The van der Waals surface area contributed by atoms with E-state index >= 15 is 0 Å². The molecule has 0 bridgehead atoms. The molecule has 122 valence electrons. The fourth-order valence-electron chi connectivity index (χ4n) is 2.60. The van der Waals surface area contributed by atoms with Crippen LogP contribution in [0.4, 0.5) is 17.6 Å². The molecule has 1 atom stereocenters. The molecule has 1 aliphatic rings. The van der Waals surface area contributed by atoms with Gasteiger partial charge in [-0.25, -0.2) is 4.39 Å². The standard InChI is InChI=1S/C15H12F4N2O2/c16-11-8-9(23-15(17,18)19)3-4-10(11)14(20)5-7-22-12-2-1-6-21-13(12)14/h1-4,6,8H,5,7,20H2. The number of fused-ring (bicyclic) bond motifs is 1. The molecule has 23 heavy (non-hydrogen) atoms. The second kappa shape index (κ2) is 5.38. The molecule has 4 nitrogen and oxygen atoms in total. The molecule has 0 radical (unpaired) electrons. The van der Waals surface area contributed by atoms with Gasteiger partial charge in [0.15, 0.2) is 0 Å². The lowest BCUT2D eigenvalue weighted by atomic mass is 9.82. The van der Waals surface area contributed by atoms with Crippen LogP contribution in [0.15, 0.2) is 36.5 Å². The highest BCUT2D eigenvalue weighted by atomic mass is 19.4. The van der Waals surface area contributed by atoms with Crippen LogP contribution in [0.1, 0.15) is 17.7 Å². The molecule has 3 rings (SSSR count). The lowest BCUT2D eigenvalue weighted by molar-refractivity contribution is -0.274. The maximum Gasteiger partial charge on any atom is 0.573 e. The number of hydrogen-bond donors (Lipinski definition) is 1. The van der Waals surface area contributed by atoms with E-state index in [0.29, 0.717) is 17.5 Å². The first-order valence-electron chi connectivity index (χ1n) is 6.72. The van der Waals surface area contributed by atoms with Crippen molar-refractivity contribution in [2.24, 2.45) is 5.73 Å². The Bertz CT molecular complexity index is 736. The van der Waals surface area contributed by atoms with E-state index in [4.69, 9.17) is 10.5 Å². The van der Waals surface area contributed by atoms with Crippen molar-refractivity contribution in [3.05, 3.63) is 53.6 Å². The van der Waals surface area contributed by atoms with E-state index in [9.17, 15) is 17.6 Å². The predicted molar refractivity (Wildman–Crippen MR) is 72.4 cm³/mol. The highest BCUT2D eigenvalue weighted by molar-refractivity contribution is 5.45. The van der Waals surface area contributed by atoms with E-state index in [0.717, 1.165) is 6.07 Å². The molecule has 8 heteroatoms. The van der Waals surface area contributed by atoms with Crippen LogP contribution in [-0.2, 0) is 5.54 Å². The lowest BCUT2D eigenvalue weighted by Crippen LogP contribution is -2.44. The Hall–Kier alpha value is -2.35. The zero-order valence-electron chi connectivity index (χ0n) is 11.7. The Morgan fingerprint density at radius 2 is 2.04 bits per heavy atom. The molecule has 1 aliphatic heterocycles. The molecule has 2 N–H and O–H groups in total. The highest BCUT2D eigenvalue weighted by Crippen LogP contribution is 2.40. The summed E-state index contributed by atoms with van der Waals surface area (Å²) in [5.41, 5.74) is 5.42. The van der Waals surface area contributed by atoms with Crippen LogP contribution < -0.4 is 15.2 Å². The van der Waals surface area contributed by atoms with Crippen molar-refractivity contribution in [3.8, 4) is 11.5 Å². The average Bonchev–Trinajstić information content (AvgIpc) is 2.46. The summed E-state index contributed by atoms with van der Waals surface area (Å²) in [5, 5.41) is 0. The van der Waals surface area contributed by atoms with Crippen LogP contribution in [0.25, 0.3) is 0 Å². The summed E-state index contributed by atoms with van der Waals surface area (Å²) in [7, 11) is 0. The molecule has 1 unspecified atom stereocenters. The first kappa shape index (κ1) is 15.5. The van der Waals surface area contributed by atoms with Crippen LogP contribution in [0, 0.1) is 5.82 Å². The SMILES string of the molecule is NC1(c2ccc(OC(F)(F)F)cc2F)CCOc2cccnc21. The van der Waals surface area contributed by atoms with Gasteiger partial charge in [0, 0.05) is 24.2 Å². The van der Waals surface area contributed by atoms with E-state index < -0.39 is 23.5 Å². The molecule has 0 fully saturated rings. The monoisotopic (exact) mass is 328 g/mol. The van der Waals surface area contributed by atoms with Gasteiger partial charge < -0.3 is 15.2 Å². The number of hydrogen-bond acceptors (Lipinski definition) is 4. The smallest absolute Gasteiger partial charge is 0.491 e. The third-order valence-electron chi connectivity index (χ3n) is 3.60. The van der Waals surface area contributed by atoms with Gasteiger partial charge in [0.05, 0.1) is 12.1 Å². The minimum absolute atomic E-state index is 0.0373. The summed E-state index contributed by atoms with van der Waals surface area (Å²) in [6.45, 7) is 0.245. The zero-order chi connectivity index (χ0) is 16.7. The molecule has 1 aromatic heterocycles. The van der Waals surface area contributed by atoms with Gasteiger partial charge in [-0.2, -0.15) is 0 Å². The summed E-state index contributed by atoms with van der Waals surface area (Å²) in [6.07, 6.45) is -3.15. The maximum atomic E-state index is 14.4. The third kappa shape index (κ3) is 2.94. The van der Waals surface area contributed by atoms with E-state index in [2.05, 4.69) is 9.72 Å². The van der Waals surface area contributed by atoms with Gasteiger partial charge in [0.2, 0.25) is 0 Å². The normalized spacial score (nSPS) is 20.6. The zero-order valence-corrected chi connectivity index (χ0v) is 11.7. The van der Waals surface area contributed by atoms with E-state index in [1.807, 2.05) is 0 Å². The first-order chi connectivity index (χ1) is 10.8. The lowest BCUT2D eigenvalue weighted by Gasteiger charge is -2.35. The van der Waals surface area contributed by atoms with E-state index in [-0.39, 0.29) is 18.6 Å². The molecule has 0 amide bonds. The van der Waals surface area contributed by atoms with Crippen molar-refractivity contribution in [2.45, 2.75) is 18.3 Å². The molecular formula is C15H12F4N2O2. The summed E-state index contributed by atoms with van der Waals surface area (Å²) < 4.78 is 60.1. The highest BCUT2D eigenvalue weighted by Gasteiger charge is 2.39. The number of nitrogens with zero attached hydrogens (tertiary/aromatic N) is 1. The van der Waals surface area contributed by atoms with Gasteiger partial charge in [-0.05, 0) is 18.2 Å². The fourth-order valence-corrected chi connectivity index (χ4v) is 2.60. The summed E-state index contributed by atoms with van der Waals surface area (Å²) in [4.78, 5) is 4.14. The summed E-state index contributed by atoms with van der Waals surface area (Å²) in [6, 6.07) is 6.18. The molecular weight excluding hydrogens is 316 g/mol. The van der Waals surface area contributed by atoms with E-state index in [1.165, 1.54) is 12.3 Å². The molecule has 0 saturated heterocycles. The Morgan fingerprint density at radius 3 is 2.74 bits per heavy atom. The number of pyridine rings is 1. The Morgan fingerprint density at radius 1 is 1.26 bits per heavy atom. The summed E-state index contributed by atoms with van der Waals surface area (Å²) in [5.74, 6) is -1.11. The maximum absolute atomic E-state index is 14.4. The predicted octanol–water partition coefficient (Wildman–Crippen LogP) is 3.10. The van der Waals surface area contributed by atoms with Crippen LogP contribution in [0.3, 0.4) is 0 Å². The van der Waals surface area contributed by atoms with Gasteiger partial charge in [0.1, 0.15) is 23.0 Å². The number of ether oxygens (including phenoxy) is 2. The van der Waals surface area contributed by atoms with Gasteiger partial charge in [-0.15, -0.1) is 13.2 Å². The van der Waals surface area contributed by atoms with Crippen molar-refractivity contribution < 1.29 is 27.0 Å². The van der Waals surface area contributed by atoms with Gasteiger partial charge >= 0.3 is 6.36 Å². The second-order valence-corrected chi connectivity index (χ2v) is 5.11. The molecule has 2 aromatic rings. The Balaban J connectivity index is 2.02. The Labute approximate surface area is 128 Å². The summed E-state index contributed by atoms with van der Waals surface area (Å²) >= 11 is 0. The number of halogens is 4. The van der Waals surface area contributed by atoms with Crippen LogP contribution in [0.5, 0.6) is 11.5 Å². The number of benzene rings is 1. The van der Waals surface area contributed by atoms with Crippen molar-refractivity contribution in [3.63, 3.8) is 0 Å². The Kier molecular flexibility index (Phi) is 3.63. The quantitative estimate of drug-likeness (QED) is 0.861. The second-order valence-electron chi connectivity index (χ2n) is 5.11. The van der Waals surface area contributed by atoms with Gasteiger partial charge in [-0.1, -0.05) is 6.07 Å². The van der Waals surface area contributed by atoms with Crippen LogP contribution >= 0.6 is 0 Å². The topological polar surface area (TPSA) is 57.4 Å². The van der Waals surface area contributed by atoms with Crippen molar-refractivity contribution in [2.75, 3.05) is 6.61 Å². The number of alkyl halides is 3. The van der Waals surface area contributed by atoms with Crippen molar-refractivity contribution in [1.82, 2.24) is 4.98 Å². The van der Waals surface area contributed by atoms with Crippen LogP contribution in [-0.4, -0.2) is 18.0 Å². The van der Waals surface area contributed by atoms with Crippen LogP contribution in [0.2, 0.25) is 0 Å². The van der Waals surface area contributed by atoms with Gasteiger partial charge in [-0.3, -0.25) is 4.98 Å². The largest absolute Gasteiger partial charge is 0.573 e. The minimum Gasteiger partial charge on any atom is -0.491 e. The molecule has 0 saturated carbocycles.